The number of ether oxygens (including phenoxy) is 1. The summed E-state index contributed by atoms with van der Waals surface area (Å²) in [6.07, 6.45) is 0.969. The highest BCUT2D eigenvalue weighted by molar-refractivity contribution is 7.80. The summed E-state index contributed by atoms with van der Waals surface area (Å²) in [5.41, 5.74) is 6.97. The van der Waals surface area contributed by atoms with Crippen LogP contribution in [0.25, 0.3) is 0 Å². The van der Waals surface area contributed by atoms with Crippen molar-refractivity contribution in [3.05, 3.63) is 11.4 Å². The van der Waals surface area contributed by atoms with E-state index in [0.717, 1.165) is 12.1 Å². The predicted molar refractivity (Wildman–Crippen MR) is 61.6 cm³/mol. The zero-order valence-electron chi connectivity index (χ0n) is 9.23. The molecule has 1 aromatic rings. The van der Waals surface area contributed by atoms with Gasteiger partial charge in [0.2, 0.25) is 0 Å². The van der Waals surface area contributed by atoms with E-state index in [-0.39, 0.29) is 11.0 Å². The average molecular weight is 228 g/mol. The molecule has 15 heavy (non-hydrogen) atoms. The number of hydrogen-bond donors (Lipinski definition) is 1. The van der Waals surface area contributed by atoms with Crippen molar-refractivity contribution in [2.45, 2.75) is 32.9 Å². The van der Waals surface area contributed by atoms with Gasteiger partial charge in [-0.05, 0) is 13.3 Å². The molecule has 0 aromatic carbocycles. The number of rotatable bonds is 5. The van der Waals surface area contributed by atoms with E-state index in [1.807, 2.05) is 4.68 Å². The first-order chi connectivity index (χ1) is 7.11. The van der Waals surface area contributed by atoms with Crippen LogP contribution in [0, 0.1) is 0 Å². The van der Waals surface area contributed by atoms with Gasteiger partial charge in [0.05, 0.1) is 18.3 Å². The zero-order chi connectivity index (χ0) is 11.4. The number of nitrogens with zero attached hydrogens (tertiary/aromatic N) is 3. The van der Waals surface area contributed by atoms with E-state index in [4.69, 9.17) is 22.7 Å². The Balaban J connectivity index is 3.11. The standard InChI is InChI=1S/C9H16N4OS/c1-4-6(2)13-7(5-14-3)8(9(10)15)11-12-13/h6H,4-5H2,1-3H3,(H2,10,15). The Bertz CT molecular complexity index is 350. The van der Waals surface area contributed by atoms with E-state index >= 15 is 0 Å². The monoisotopic (exact) mass is 228 g/mol. The molecule has 84 valence electrons. The quantitative estimate of drug-likeness (QED) is 0.762. The fraction of sp³-hybridized carbons (Fsp3) is 0.667. The Morgan fingerprint density at radius 2 is 2.33 bits per heavy atom. The number of nitrogens with two attached hydrogens (primary N) is 1. The van der Waals surface area contributed by atoms with Crippen LogP contribution in [0.4, 0.5) is 0 Å². The maximum Gasteiger partial charge on any atom is 0.145 e. The summed E-state index contributed by atoms with van der Waals surface area (Å²) in [4.78, 5) is 0.261. The van der Waals surface area contributed by atoms with Crippen LogP contribution in [0.5, 0.6) is 0 Å². The van der Waals surface area contributed by atoms with E-state index in [0.29, 0.717) is 12.3 Å². The first-order valence-corrected chi connectivity index (χ1v) is 5.25. The van der Waals surface area contributed by atoms with Crippen LogP contribution in [0.2, 0.25) is 0 Å². The molecule has 1 aromatic heterocycles. The van der Waals surface area contributed by atoms with Crippen molar-refractivity contribution in [1.82, 2.24) is 15.0 Å². The molecule has 0 saturated heterocycles. The van der Waals surface area contributed by atoms with Crippen molar-refractivity contribution in [1.29, 1.82) is 0 Å². The Kier molecular flexibility index (Phi) is 4.16. The Hall–Kier alpha value is -1.01. The lowest BCUT2D eigenvalue weighted by atomic mass is 10.2. The third kappa shape index (κ3) is 2.51. The van der Waals surface area contributed by atoms with Gasteiger partial charge >= 0.3 is 0 Å². The van der Waals surface area contributed by atoms with Gasteiger partial charge in [0, 0.05) is 7.11 Å². The number of hydrogen-bond acceptors (Lipinski definition) is 4. The minimum absolute atomic E-state index is 0.261. The zero-order valence-corrected chi connectivity index (χ0v) is 10.0. The van der Waals surface area contributed by atoms with Gasteiger partial charge in [-0.15, -0.1) is 5.10 Å². The van der Waals surface area contributed by atoms with E-state index in [2.05, 4.69) is 24.2 Å². The first-order valence-electron chi connectivity index (χ1n) is 4.84. The molecular weight excluding hydrogens is 212 g/mol. The second kappa shape index (κ2) is 5.18. The predicted octanol–water partition coefficient (Wildman–Crippen LogP) is 1.03. The van der Waals surface area contributed by atoms with E-state index in [1.54, 1.807) is 7.11 Å². The van der Waals surface area contributed by atoms with Crippen molar-refractivity contribution in [2.75, 3.05) is 7.11 Å². The van der Waals surface area contributed by atoms with Gasteiger partial charge in [-0.3, -0.25) is 0 Å². The fourth-order valence-corrected chi connectivity index (χ4v) is 1.46. The summed E-state index contributed by atoms with van der Waals surface area (Å²) in [5, 5.41) is 8.02. The van der Waals surface area contributed by atoms with Crippen LogP contribution in [-0.4, -0.2) is 27.1 Å². The summed E-state index contributed by atoms with van der Waals surface area (Å²) >= 11 is 4.91. The molecule has 0 amide bonds. The van der Waals surface area contributed by atoms with Gasteiger partial charge in [-0.25, -0.2) is 4.68 Å². The molecular formula is C9H16N4OS. The van der Waals surface area contributed by atoms with Crippen LogP contribution >= 0.6 is 12.2 Å². The van der Waals surface area contributed by atoms with Gasteiger partial charge in [-0.2, -0.15) is 0 Å². The molecule has 0 fully saturated rings. The normalized spacial score (nSPS) is 12.7. The van der Waals surface area contributed by atoms with Crippen LogP contribution in [-0.2, 0) is 11.3 Å². The second-order valence-corrected chi connectivity index (χ2v) is 3.82. The van der Waals surface area contributed by atoms with Crippen molar-refractivity contribution in [3.8, 4) is 0 Å². The topological polar surface area (TPSA) is 66.0 Å². The Morgan fingerprint density at radius 3 is 2.80 bits per heavy atom. The molecule has 0 aliphatic heterocycles. The van der Waals surface area contributed by atoms with Gasteiger partial charge in [0.25, 0.3) is 0 Å². The van der Waals surface area contributed by atoms with Gasteiger partial charge < -0.3 is 10.5 Å². The number of aromatic nitrogens is 3. The third-order valence-corrected chi connectivity index (χ3v) is 2.51. The molecule has 5 nitrogen and oxygen atoms in total. The van der Waals surface area contributed by atoms with Crippen LogP contribution in [0.3, 0.4) is 0 Å². The van der Waals surface area contributed by atoms with Crippen molar-refractivity contribution >= 4 is 17.2 Å². The molecule has 0 bridgehead atoms. The second-order valence-electron chi connectivity index (χ2n) is 3.38. The van der Waals surface area contributed by atoms with Crippen molar-refractivity contribution < 1.29 is 4.74 Å². The van der Waals surface area contributed by atoms with E-state index in [9.17, 15) is 0 Å². The molecule has 1 heterocycles. The Labute approximate surface area is 94.6 Å². The molecule has 1 atom stereocenters. The molecule has 0 aliphatic rings. The molecule has 0 saturated carbocycles. The number of thiocarbonyl (C=S) groups is 1. The van der Waals surface area contributed by atoms with Crippen molar-refractivity contribution in [3.63, 3.8) is 0 Å². The smallest absolute Gasteiger partial charge is 0.145 e. The highest BCUT2D eigenvalue weighted by atomic mass is 32.1. The lowest BCUT2D eigenvalue weighted by Gasteiger charge is -2.12. The largest absolute Gasteiger partial charge is 0.388 e. The molecule has 1 unspecified atom stereocenters. The maximum absolute atomic E-state index is 5.56. The average Bonchev–Trinajstić information content (AvgIpc) is 2.61. The van der Waals surface area contributed by atoms with Crippen LogP contribution in [0.15, 0.2) is 0 Å². The fourth-order valence-electron chi connectivity index (χ4n) is 1.30. The lowest BCUT2D eigenvalue weighted by molar-refractivity contribution is 0.174. The van der Waals surface area contributed by atoms with Gasteiger partial charge in [0.15, 0.2) is 0 Å². The van der Waals surface area contributed by atoms with Gasteiger partial charge in [-0.1, -0.05) is 24.4 Å². The molecule has 0 aliphatic carbocycles. The minimum Gasteiger partial charge on any atom is -0.388 e. The molecule has 0 spiro atoms. The summed E-state index contributed by atoms with van der Waals surface area (Å²) in [5.74, 6) is 0. The Morgan fingerprint density at radius 1 is 1.67 bits per heavy atom. The summed E-state index contributed by atoms with van der Waals surface area (Å²) in [6.45, 7) is 4.57. The maximum atomic E-state index is 5.56. The van der Waals surface area contributed by atoms with Crippen molar-refractivity contribution in [2.24, 2.45) is 5.73 Å². The van der Waals surface area contributed by atoms with Crippen LogP contribution < -0.4 is 5.73 Å². The summed E-state index contributed by atoms with van der Waals surface area (Å²) in [7, 11) is 1.62. The number of methoxy groups -OCH3 is 1. The first kappa shape index (κ1) is 12.1. The van der Waals surface area contributed by atoms with Gasteiger partial charge in [0.1, 0.15) is 10.7 Å². The van der Waals surface area contributed by atoms with Crippen LogP contribution in [0.1, 0.15) is 37.7 Å². The molecule has 6 heteroatoms. The highest BCUT2D eigenvalue weighted by Gasteiger charge is 2.17. The summed E-state index contributed by atoms with van der Waals surface area (Å²) < 4.78 is 6.91. The minimum atomic E-state index is 0.261. The molecule has 0 radical (unpaired) electrons. The highest BCUT2D eigenvalue weighted by Crippen LogP contribution is 2.15. The lowest BCUT2D eigenvalue weighted by Crippen LogP contribution is -2.16. The SMILES string of the molecule is CCC(C)n1nnc(C(N)=S)c1COC. The third-order valence-electron chi connectivity index (χ3n) is 2.31. The molecule has 2 N–H and O–H groups in total. The van der Waals surface area contributed by atoms with E-state index < -0.39 is 0 Å². The molecule has 1 rings (SSSR count). The van der Waals surface area contributed by atoms with E-state index in [1.165, 1.54) is 0 Å². The summed E-state index contributed by atoms with van der Waals surface area (Å²) in [6, 6.07) is 0.269.